The highest BCUT2D eigenvalue weighted by molar-refractivity contribution is 6.03. The molecule has 0 aliphatic heterocycles. The molecule has 2 heterocycles. The average molecular weight is 458 g/mol. The molecule has 4 aromatic rings. The minimum absolute atomic E-state index is 0.00329. The third-order valence-corrected chi connectivity index (χ3v) is 5.46. The van der Waals surface area contributed by atoms with Gasteiger partial charge < -0.3 is 0 Å². The summed E-state index contributed by atoms with van der Waals surface area (Å²) in [5.41, 5.74) is 3.32. The Morgan fingerprint density at radius 2 is 1.31 bits per heavy atom. The Hall–Kier alpha value is -6.46. The zero-order valence-electron chi connectivity index (χ0n) is 17.9. The van der Waals surface area contributed by atoms with Crippen molar-refractivity contribution in [1.29, 1.82) is 15.8 Å². The van der Waals surface area contributed by atoms with Crippen molar-refractivity contribution in [2.24, 2.45) is 0 Å². The molecule has 160 valence electrons. The van der Waals surface area contributed by atoms with Crippen LogP contribution in [0.15, 0.2) is 42.1 Å². The van der Waals surface area contributed by atoms with Crippen molar-refractivity contribution in [3.8, 4) is 40.6 Å². The summed E-state index contributed by atoms with van der Waals surface area (Å²) in [4.78, 5) is 27.4. The van der Waals surface area contributed by atoms with Crippen molar-refractivity contribution in [2.45, 2.75) is 0 Å². The van der Waals surface area contributed by atoms with Gasteiger partial charge >= 0.3 is 0 Å². The van der Waals surface area contributed by atoms with Crippen LogP contribution in [-0.4, -0.2) is 19.9 Å². The highest BCUT2D eigenvalue weighted by Gasteiger charge is 2.31. The summed E-state index contributed by atoms with van der Waals surface area (Å²) < 4.78 is 0. The van der Waals surface area contributed by atoms with Gasteiger partial charge in [0.15, 0.2) is 34.1 Å². The standard InChI is InChI=1S/C26H6N10/c1-30-15-6-14(7-16(9-15)31-2)13-4-5-17-18(8-13)22(21(12-29)32-3)24-23(17)35-25-26(36-24)34-20(11-28)19(10-27)33-25/h4-9H/b22-21+. The highest BCUT2D eigenvalue weighted by Crippen LogP contribution is 2.46. The lowest BCUT2D eigenvalue weighted by Gasteiger charge is -2.08. The fourth-order valence-corrected chi connectivity index (χ4v) is 3.94. The van der Waals surface area contributed by atoms with Crippen LogP contribution >= 0.6 is 0 Å². The molecule has 1 aliphatic rings. The maximum atomic E-state index is 9.68. The zero-order chi connectivity index (χ0) is 25.4. The van der Waals surface area contributed by atoms with E-state index < -0.39 is 0 Å². The van der Waals surface area contributed by atoms with Gasteiger partial charge in [0.1, 0.15) is 12.1 Å². The Balaban J connectivity index is 1.82. The average Bonchev–Trinajstić information content (AvgIpc) is 3.23. The lowest BCUT2D eigenvalue weighted by atomic mass is 9.97. The molecule has 10 heteroatoms. The number of hydrogen-bond acceptors (Lipinski definition) is 7. The van der Waals surface area contributed by atoms with Gasteiger partial charge in [-0.3, -0.25) is 0 Å². The van der Waals surface area contributed by atoms with Gasteiger partial charge in [0, 0.05) is 11.1 Å². The van der Waals surface area contributed by atoms with E-state index in [-0.39, 0.29) is 39.6 Å². The first-order valence-electron chi connectivity index (χ1n) is 10.0. The van der Waals surface area contributed by atoms with Crippen molar-refractivity contribution in [1.82, 2.24) is 19.9 Å². The van der Waals surface area contributed by atoms with Crippen LogP contribution < -0.4 is 0 Å². The van der Waals surface area contributed by atoms with Crippen molar-refractivity contribution < 1.29 is 0 Å². The van der Waals surface area contributed by atoms with Gasteiger partial charge in [-0.05, 0) is 22.8 Å². The molecule has 0 fully saturated rings. The second-order valence-electron chi connectivity index (χ2n) is 7.38. The summed E-state index contributed by atoms with van der Waals surface area (Å²) in [5.74, 6) is 0. The van der Waals surface area contributed by atoms with E-state index in [2.05, 4.69) is 34.5 Å². The van der Waals surface area contributed by atoms with E-state index in [9.17, 15) is 15.8 Å². The molecule has 0 atom stereocenters. The molecule has 0 spiro atoms. The number of hydrogen-bond donors (Lipinski definition) is 0. The number of nitriles is 3. The van der Waals surface area contributed by atoms with Crippen LogP contribution in [0.2, 0.25) is 0 Å². The van der Waals surface area contributed by atoms with Crippen LogP contribution in [0.5, 0.6) is 0 Å². The maximum absolute atomic E-state index is 9.68. The lowest BCUT2D eigenvalue weighted by molar-refractivity contribution is 1.11. The number of fused-ring (bicyclic) bond motifs is 4. The van der Waals surface area contributed by atoms with Gasteiger partial charge in [0.05, 0.1) is 37.2 Å². The molecule has 0 unspecified atom stereocenters. The number of allylic oxidation sites excluding steroid dienone is 1. The topological polar surface area (TPSA) is 136 Å². The summed E-state index contributed by atoms with van der Waals surface area (Å²) in [6.45, 7) is 22.2. The second-order valence-corrected chi connectivity index (χ2v) is 7.38. The molecule has 0 amide bonds. The van der Waals surface area contributed by atoms with E-state index in [1.807, 2.05) is 12.1 Å². The normalized spacial score (nSPS) is 12.1. The predicted octanol–water partition coefficient (Wildman–Crippen LogP) is 5.11. The largest absolute Gasteiger partial charge is 0.271 e. The fraction of sp³-hybridized carbons (Fsp3) is 0. The molecule has 10 nitrogen and oxygen atoms in total. The summed E-state index contributed by atoms with van der Waals surface area (Å²) in [5, 5.41) is 28.3. The molecular formula is C26H6N10. The Morgan fingerprint density at radius 3 is 1.83 bits per heavy atom. The highest BCUT2D eigenvalue weighted by atomic mass is 15.0. The fourth-order valence-electron chi connectivity index (χ4n) is 3.94. The zero-order valence-corrected chi connectivity index (χ0v) is 17.9. The van der Waals surface area contributed by atoms with Crippen molar-refractivity contribution >= 4 is 28.2 Å². The maximum Gasteiger partial charge on any atom is 0.271 e. The first-order valence-corrected chi connectivity index (χ1v) is 10.0. The van der Waals surface area contributed by atoms with Gasteiger partial charge in [-0.15, -0.1) is 0 Å². The Bertz CT molecular complexity index is 1910. The van der Waals surface area contributed by atoms with Crippen molar-refractivity contribution in [3.63, 3.8) is 0 Å². The van der Waals surface area contributed by atoms with Gasteiger partial charge in [-0.1, -0.05) is 30.3 Å². The molecule has 0 saturated carbocycles. The van der Waals surface area contributed by atoms with Gasteiger partial charge in [-0.2, -0.15) is 10.5 Å². The van der Waals surface area contributed by atoms with Crippen LogP contribution in [0.3, 0.4) is 0 Å². The van der Waals surface area contributed by atoms with Gasteiger partial charge in [-0.25, -0.2) is 39.7 Å². The molecule has 2 aromatic heterocycles. The van der Waals surface area contributed by atoms with Crippen molar-refractivity contribution in [2.75, 3.05) is 0 Å². The quantitative estimate of drug-likeness (QED) is 0.251. The summed E-state index contributed by atoms with van der Waals surface area (Å²) in [6.07, 6.45) is 0. The third kappa shape index (κ3) is 3.14. The van der Waals surface area contributed by atoms with Crippen LogP contribution in [0.25, 0.3) is 53.8 Å². The minimum Gasteiger partial charge on any atom is -0.239 e. The molecule has 36 heavy (non-hydrogen) atoms. The first-order chi connectivity index (χ1) is 17.5. The molecule has 1 aliphatic carbocycles. The Labute approximate surface area is 203 Å². The monoisotopic (exact) mass is 458 g/mol. The van der Waals surface area contributed by atoms with E-state index in [1.54, 1.807) is 36.4 Å². The molecule has 2 aromatic carbocycles. The lowest BCUT2D eigenvalue weighted by Crippen LogP contribution is -2.02. The molecular weight excluding hydrogens is 452 g/mol. The number of rotatable bonds is 1. The molecule has 0 bridgehead atoms. The third-order valence-electron chi connectivity index (χ3n) is 5.46. The number of nitrogens with zero attached hydrogens (tertiary/aromatic N) is 10. The van der Waals surface area contributed by atoms with E-state index in [0.29, 0.717) is 39.3 Å². The Kier molecular flexibility index (Phi) is 4.84. The minimum atomic E-state index is -0.209. The summed E-state index contributed by atoms with van der Waals surface area (Å²) >= 11 is 0. The summed E-state index contributed by atoms with van der Waals surface area (Å²) in [7, 11) is 0. The van der Waals surface area contributed by atoms with E-state index >= 15 is 0 Å². The van der Waals surface area contributed by atoms with Crippen LogP contribution in [0.4, 0.5) is 11.4 Å². The van der Waals surface area contributed by atoms with E-state index in [1.165, 1.54) is 6.07 Å². The number of aromatic nitrogens is 4. The predicted molar refractivity (Wildman–Crippen MR) is 126 cm³/mol. The Morgan fingerprint density at radius 1 is 0.694 bits per heavy atom. The molecule has 0 saturated heterocycles. The first kappa shape index (κ1) is 21.4. The van der Waals surface area contributed by atoms with Crippen LogP contribution in [0.1, 0.15) is 22.6 Å². The second kappa shape index (κ2) is 8.15. The SMILES string of the molecule is [C-]#[N+]/C(C#N)=C1\c2cc(-c3cc([N+]#[C-])cc([N+]#[C-])c3)ccc2-c2nc3nc(C#N)c(C#N)nc3nc21. The van der Waals surface area contributed by atoms with Gasteiger partial charge in [0.25, 0.3) is 5.70 Å². The number of benzene rings is 2. The van der Waals surface area contributed by atoms with Crippen molar-refractivity contribution in [3.05, 3.63) is 99.0 Å². The van der Waals surface area contributed by atoms with Crippen LogP contribution in [-0.2, 0) is 0 Å². The molecule has 0 radical (unpaired) electrons. The summed E-state index contributed by atoms with van der Waals surface area (Å²) in [6, 6.07) is 15.6. The smallest absolute Gasteiger partial charge is 0.239 e. The van der Waals surface area contributed by atoms with E-state index in [4.69, 9.17) is 19.7 Å². The molecule has 5 rings (SSSR count). The molecule has 0 N–H and O–H groups in total. The van der Waals surface area contributed by atoms with Crippen LogP contribution in [0, 0.1) is 53.7 Å². The van der Waals surface area contributed by atoms with Gasteiger partial charge in [0.2, 0.25) is 0 Å². The van der Waals surface area contributed by atoms with E-state index in [0.717, 1.165) is 0 Å².